The number of allylic oxidation sites excluding steroid dienone is 1. The van der Waals surface area contributed by atoms with Crippen molar-refractivity contribution in [3.8, 4) is 0 Å². The van der Waals surface area contributed by atoms with E-state index in [1.807, 2.05) is 6.92 Å². The van der Waals surface area contributed by atoms with Gasteiger partial charge in [0.1, 0.15) is 0 Å². The Kier molecular flexibility index (Phi) is 11.6. The summed E-state index contributed by atoms with van der Waals surface area (Å²) < 4.78 is 5.82. The molecule has 2 N–H and O–H groups in total. The van der Waals surface area contributed by atoms with Gasteiger partial charge in [0.05, 0.1) is 30.0 Å². The van der Waals surface area contributed by atoms with Crippen molar-refractivity contribution in [2.24, 2.45) is 9.98 Å². The summed E-state index contributed by atoms with van der Waals surface area (Å²) in [5.41, 5.74) is 2.70. The summed E-state index contributed by atoms with van der Waals surface area (Å²) in [6.07, 6.45) is 24.8. The molecule has 46 heavy (non-hydrogen) atoms. The number of aliphatic imine (C=N–C) groups is 2. The van der Waals surface area contributed by atoms with Gasteiger partial charge in [-0.25, -0.2) is 19.8 Å². The number of hydrogen-bond acceptors (Lipinski definition) is 9. The topological polar surface area (TPSA) is 93.0 Å². The maximum atomic E-state index is 13.3. The van der Waals surface area contributed by atoms with Crippen LogP contribution in [0, 0.1) is 0 Å². The van der Waals surface area contributed by atoms with Crippen molar-refractivity contribution < 1.29 is 14.7 Å². The molecule has 0 bridgehead atoms. The zero-order valence-electron chi connectivity index (χ0n) is 29.1. The molecular weight excluding hydrogens is 576 g/mol. The first-order valence-corrected chi connectivity index (χ1v) is 19.3. The lowest BCUT2D eigenvalue weighted by molar-refractivity contribution is -0.138. The number of hydroxylamine groups is 2. The summed E-state index contributed by atoms with van der Waals surface area (Å²) in [5, 5.41) is 16.3. The van der Waals surface area contributed by atoms with Gasteiger partial charge in [-0.3, -0.25) is 10.5 Å². The van der Waals surface area contributed by atoms with Gasteiger partial charge >= 0.3 is 5.97 Å². The summed E-state index contributed by atoms with van der Waals surface area (Å²) >= 11 is 0. The van der Waals surface area contributed by atoms with Crippen molar-refractivity contribution in [1.29, 1.82) is 0 Å². The average Bonchev–Trinajstić information content (AvgIpc) is 3.65. The van der Waals surface area contributed by atoms with E-state index < -0.39 is 0 Å². The van der Waals surface area contributed by atoms with Gasteiger partial charge in [0.25, 0.3) is 0 Å². The van der Waals surface area contributed by atoms with E-state index in [1.54, 1.807) is 0 Å². The summed E-state index contributed by atoms with van der Waals surface area (Å²) in [7, 11) is 0. The van der Waals surface area contributed by atoms with Crippen LogP contribution in [-0.4, -0.2) is 86.9 Å². The highest BCUT2D eigenvalue weighted by atomic mass is 16.5. The lowest BCUT2D eigenvalue weighted by atomic mass is 9.96. The van der Waals surface area contributed by atoms with Crippen LogP contribution in [0.15, 0.2) is 21.3 Å². The summed E-state index contributed by atoms with van der Waals surface area (Å²) in [6.45, 7) is 6.91. The molecule has 0 amide bonds. The lowest BCUT2D eigenvalue weighted by Gasteiger charge is -2.47. The highest BCUT2D eigenvalue weighted by Crippen LogP contribution is 2.41. The molecule has 258 valence electrons. The van der Waals surface area contributed by atoms with E-state index in [1.165, 1.54) is 69.3 Å². The molecule has 0 aromatic carbocycles. The van der Waals surface area contributed by atoms with E-state index >= 15 is 0 Å². The molecule has 6 aliphatic rings. The Morgan fingerprint density at radius 3 is 2.30 bits per heavy atom. The molecular formula is C37H62N6O3. The average molecular weight is 639 g/mol. The molecule has 6 rings (SSSR count). The number of rotatable bonds is 17. The van der Waals surface area contributed by atoms with Crippen LogP contribution in [0.1, 0.15) is 156 Å². The van der Waals surface area contributed by atoms with Crippen molar-refractivity contribution in [3.63, 3.8) is 0 Å². The first-order valence-electron chi connectivity index (χ1n) is 19.3. The van der Waals surface area contributed by atoms with Crippen molar-refractivity contribution in [2.75, 3.05) is 6.61 Å². The molecule has 0 spiro atoms. The fraction of sp³-hybridized carbons (Fsp3) is 0.865. The minimum atomic E-state index is -0.191. The Morgan fingerprint density at radius 2 is 1.52 bits per heavy atom. The Morgan fingerprint density at radius 1 is 0.848 bits per heavy atom. The maximum Gasteiger partial charge on any atom is 0.341 e. The van der Waals surface area contributed by atoms with Crippen molar-refractivity contribution >= 4 is 17.6 Å². The van der Waals surface area contributed by atoms with Gasteiger partial charge < -0.3 is 14.5 Å². The Bertz CT molecular complexity index is 1140. The maximum absolute atomic E-state index is 13.3. The van der Waals surface area contributed by atoms with E-state index in [0.29, 0.717) is 36.8 Å². The quantitative estimate of drug-likeness (QED) is 0.128. The number of esters is 1. The third-order valence-electron chi connectivity index (χ3n) is 11.8. The zero-order valence-corrected chi connectivity index (χ0v) is 29.1. The minimum absolute atomic E-state index is 0.0258. The van der Waals surface area contributed by atoms with Crippen LogP contribution in [0.25, 0.3) is 0 Å². The molecule has 9 heteroatoms. The number of nitrogens with zero attached hydrogens (tertiary/aromatic N) is 5. The molecule has 6 aliphatic heterocycles. The van der Waals surface area contributed by atoms with Gasteiger partial charge in [-0.2, -0.15) is 0 Å². The molecule has 0 aliphatic carbocycles. The van der Waals surface area contributed by atoms with Crippen LogP contribution in [0.5, 0.6) is 0 Å². The number of carbonyl (C=O) groups is 1. The predicted molar refractivity (Wildman–Crippen MR) is 184 cm³/mol. The van der Waals surface area contributed by atoms with Gasteiger partial charge in [-0.1, -0.05) is 77.6 Å². The second kappa shape index (κ2) is 15.8. The highest BCUT2D eigenvalue weighted by molar-refractivity contribution is 6.19. The Labute approximate surface area is 278 Å². The van der Waals surface area contributed by atoms with Crippen molar-refractivity contribution in [1.82, 2.24) is 20.2 Å². The molecule has 0 aromatic rings. The minimum Gasteiger partial charge on any atom is -0.462 e. The number of unbranched alkanes of at least 4 members (excludes halogenated alkanes) is 10. The molecule has 0 saturated carbocycles. The Hall–Kier alpha value is -2.13. The van der Waals surface area contributed by atoms with E-state index in [2.05, 4.69) is 29.0 Å². The predicted octanol–water partition coefficient (Wildman–Crippen LogP) is 7.29. The number of ether oxygens (including phenoxy) is 1. The van der Waals surface area contributed by atoms with Gasteiger partial charge in [0.15, 0.2) is 6.29 Å². The first-order chi connectivity index (χ1) is 22.4. The molecule has 6 heterocycles. The van der Waals surface area contributed by atoms with Gasteiger partial charge in [-0.15, -0.1) is 0 Å². The second-order valence-electron chi connectivity index (χ2n) is 15.3. The van der Waals surface area contributed by atoms with Crippen molar-refractivity contribution in [3.05, 3.63) is 11.3 Å². The van der Waals surface area contributed by atoms with Gasteiger partial charge in [0, 0.05) is 29.9 Å². The highest BCUT2D eigenvalue weighted by Gasteiger charge is 2.47. The van der Waals surface area contributed by atoms with Crippen molar-refractivity contribution in [2.45, 2.75) is 198 Å². The fourth-order valence-electron chi connectivity index (χ4n) is 9.39. The number of carbonyl (C=O) groups excluding carboxylic acids is 1. The number of hydrogen-bond donors (Lipinski definition) is 2. The second-order valence-corrected chi connectivity index (χ2v) is 15.3. The fourth-order valence-corrected chi connectivity index (χ4v) is 9.39. The monoisotopic (exact) mass is 638 g/mol. The van der Waals surface area contributed by atoms with Crippen LogP contribution < -0.4 is 5.32 Å². The first kappa shape index (κ1) is 33.8. The normalized spacial score (nSPS) is 31.6. The summed E-state index contributed by atoms with van der Waals surface area (Å²) in [6, 6.07) is 2.60. The smallest absolute Gasteiger partial charge is 0.341 e. The van der Waals surface area contributed by atoms with E-state index in [0.717, 1.165) is 93.6 Å². The Balaban J connectivity index is 0.873. The molecule has 0 radical (unpaired) electrons. The van der Waals surface area contributed by atoms with Crippen LogP contribution in [0.4, 0.5) is 0 Å². The van der Waals surface area contributed by atoms with E-state index in [4.69, 9.17) is 14.7 Å². The van der Waals surface area contributed by atoms with Crippen LogP contribution in [0.2, 0.25) is 0 Å². The zero-order chi connectivity index (χ0) is 32.0. The van der Waals surface area contributed by atoms with Crippen LogP contribution >= 0.6 is 0 Å². The van der Waals surface area contributed by atoms with Crippen LogP contribution in [-0.2, 0) is 9.53 Å². The molecule has 1 unspecified atom stereocenters. The molecule has 4 saturated heterocycles. The third kappa shape index (κ3) is 7.61. The molecule has 0 aromatic heterocycles. The molecule has 7 atom stereocenters. The summed E-state index contributed by atoms with van der Waals surface area (Å²) in [4.78, 5) is 27.9. The van der Waals surface area contributed by atoms with E-state index in [9.17, 15) is 10.0 Å². The number of guanidine groups is 1. The summed E-state index contributed by atoms with van der Waals surface area (Å²) in [5.74, 6) is 0.644. The molecule has 9 nitrogen and oxygen atoms in total. The van der Waals surface area contributed by atoms with Gasteiger partial charge in [-0.05, 0) is 78.1 Å². The lowest BCUT2D eigenvalue weighted by Crippen LogP contribution is -2.60. The standard InChI is InChI=1S/C37H62N6O3/c1-4-5-6-7-8-10-13-16-28-24-30-20-21-33-34(27(3)39-36(40-28)42(30)33)35(44)46-22-15-12-9-11-14-17-32-25-31-19-18-29-23-26(2)38-37(41(29)31)43(32)45/h26,28-32,36,40,45H,4-25H2,1-3H3/t26-,28-,29+,30+,31+,32-,36?/m1/s1. The largest absolute Gasteiger partial charge is 0.462 e. The van der Waals surface area contributed by atoms with E-state index in [-0.39, 0.29) is 18.3 Å². The van der Waals surface area contributed by atoms with Gasteiger partial charge in [0.2, 0.25) is 5.96 Å². The number of nitrogens with one attached hydrogen (secondary N) is 1. The third-order valence-corrected chi connectivity index (χ3v) is 11.8. The van der Waals surface area contributed by atoms with Crippen LogP contribution in [0.3, 0.4) is 0 Å². The molecule has 4 fully saturated rings. The SMILES string of the molecule is CCCCCCCCC[C@@H]1C[C@@H]2CCC3=C(C(=O)OCCCCCCC[C@@H]4C[C@@H]5CC[C@H]6C[C@@H](C)N=C(N4O)N56)C(C)=NC(N1)N32.